The maximum atomic E-state index is 10.1. The summed E-state index contributed by atoms with van der Waals surface area (Å²) in [5.41, 5.74) is 0.899. The second-order valence-electron chi connectivity index (χ2n) is 3.49. The summed E-state index contributed by atoms with van der Waals surface area (Å²) in [6, 6.07) is 7.18. The molecule has 1 aromatic carbocycles. The van der Waals surface area contributed by atoms with Crippen molar-refractivity contribution in [3.05, 3.63) is 53.6 Å². The second-order valence-corrected chi connectivity index (χ2v) is 4.53. The molecule has 1 unspecified atom stereocenters. The Morgan fingerprint density at radius 2 is 2.00 bits per heavy atom. The van der Waals surface area contributed by atoms with Crippen molar-refractivity contribution in [3.63, 3.8) is 0 Å². The van der Waals surface area contributed by atoms with E-state index >= 15 is 0 Å². The van der Waals surface area contributed by atoms with E-state index in [1.54, 1.807) is 24.5 Å². The minimum atomic E-state index is -1.50. The molecule has 3 nitrogen and oxygen atoms in total. The van der Waals surface area contributed by atoms with Crippen molar-refractivity contribution in [2.45, 2.75) is 11.6 Å². The van der Waals surface area contributed by atoms with Crippen LogP contribution in [0.4, 0.5) is 0 Å². The number of nitrogens with zero attached hydrogens (tertiary/aromatic N) is 2. The van der Waals surface area contributed by atoms with Crippen LogP contribution in [-0.2, 0) is 11.6 Å². The minimum Gasteiger partial charge on any atom is -0.358 e. The van der Waals surface area contributed by atoms with Gasteiger partial charge in [-0.15, -0.1) is 0 Å². The lowest BCUT2D eigenvalue weighted by Gasteiger charge is -2.22. The number of alkyl halides is 1. The molecule has 0 radical (unpaired) electrons. The first kappa shape index (κ1) is 11.5. The Morgan fingerprint density at radius 1 is 1.31 bits per heavy atom. The van der Waals surface area contributed by atoms with Crippen LogP contribution in [0.15, 0.2) is 43.0 Å². The summed E-state index contributed by atoms with van der Waals surface area (Å²) in [6.45, 7) is 0. The molecule has 16 heavy (non-hydrogen) atoms. The topological polar surface area (TPSA) is 38.0 Å². The molecule has 2 aromatic rings. The lowest BCUT2D eigenvalue weighted by molar-refractivity contribution is 0.0529. The van der Waals surface area contributed by atoms with E-state index in [2.05, 4.69) is 4.98 Å². The number of halogens is 2. The lowest BCUT2D eigenvalue weighted by Crippen LogP contribution is -2.28. The highest BCUT2D eigenvalue weighted by molar-refractivity contribution is 6.30. The van der Waals surface area contributed by atoms with Crippen molar-refractivity contribution in [2.24, 2.45) is 0 Å². The monoisotopic (exact) mass is 256 g/mol. The van der Waals surface area contributed by atoms with Gasteiger partial charge in [-0.3, -0.25) is 4.57 Å². The van der Waals surface area contributed by atoms with Crippen molar-refractivity contribution >= 4 is 23.2 Å². The number of hydrogen-bond donors (Lipinski definition) is 1. The first-order valence-electron chi connectivity index (χ1n) is 4.72. The SMILES string of the molecule is OC(Cl)(Cc1ccc(Cl)cc1)n1ccnc1. The minimum absolute atomic E-state index is 0.280. The van der Waals surface area contributed by atoms with Crippen LogP contribution in [0.5, 0.6) is 0 Å². The van der Waals surface area contributed by atoms with E-state index in [1.807, 2.05) is 12.1 Å². The molecule has 1 aromatic heterocycles. The number of aromatic nitrogens is 2. The van der Waals surface area contributed by atoms with Crippen LogP contribution in [0, 0.1) is 0 Å². The van der Waals surface area contributed by atoms with E-state index in [0.717, 1.165) is 5.56 Å². The predicted octanol–water partition coefficient (Wildman–Crippen LogP) is 2.62. The summed E-state index contributed by atoms with van der Waals surface area (Å²) in [4.78, 5) is 3.84. The normalized spacial score (nSPS) is 14.7. The van der Waals surface area contributed by atoms with Gasteiger partial charge in [0.25, 0.3) is 0 Å². The molecule has 1 N–H and O–H groups in total. The van der Waals surface area contributed by atoms with Gasteiger partial charge in [0.05, 0.1) is 6.33 Å². The van der Waals surface area contributed by atoms with Gasteiger partial charge in [-0.2, -0.15) is 0 Å². The van der Waals surface area contributed by atoms with Crippen LogP contribution in [-0.4, -0.2) is 14.7 Å². The Labute approximate surface area is 103 Å². The van der Waals surface area contributed by atoms with Gasteiger partial charge in [0.2, 0.25) is 5.18 Å². The van der Waals surface area contributed by atoms with Crippen molar-refractivity contribution in [2.75, 3.05) is 0 Å². The molecule has 0 aliphatic carbocycles. The standard InChI is InChI=1S/C11H10Cl2N2O/c12-10-3-1-9(2-4-10)7-11(13,16)15-6-5-14-8-15/h1-6,8,16H,7H2. The smallest absolute Gasteiger partial charge is 0.225 e. The third-order valence-corrected chi connectivity index (χ3v) is 2.82. The molecule has 0 aliphatic heterocycles. The van der Waals surface area contributed by atoms with Crippen LogP contribution in [0.2, 0.25) is 5.02 Å². The summed E-state index contributed by atoms with van der Waals surface area (Å²) in [6.07, 6.45) is 4.93. The van der Waals surface area contributed by atoms with Crippen molar-refractivity contribution in [3.8, 4) is 0 Å². The quantitative estimate of drug-likeness (QED) is 0.858. The summed E-state index contributed by atoms with van der Waals surface area (Å²) in [5, 5.41) is 9.21. The first-order chi connectivity index (χ1) is 7.58. The molecule has 0 fully saturated rings. The zero-order chi connectivity index (χ0) is 11.6. The fraction of sp³-hybridized carbons (Fsp3) is 0.182. The molecular formula is C11H10Cl2N2O. The highest BCUT2D eigenvalue weighted by Crippen LogP contribution is 2.24. The summed E-state index contributed by atoms with van der Waals surface area (Å²) >= 11 is 11.8. The van der Waals surface area contributed by atoms with E-state index in [4.69, 9.17) is 23.2 Å². The number of aliphatic hydroxyl groups is 1. The molecule has 5 heteroatoms. The van der Waals surface area contributed by atoms with Crippen LogP contribution in [0.3, 0.4) is 0 Å². The second kappa shape index (κ2) is 4.45. The molecule has 0 aliphatic rings. The third-order valence-electron chi connectivity index (χ3n) is 2.24. The number of benzene rings is 1. The van der Waals surface area contributed by atoms with E-state index in [1.165, 1.54) is 10.9 Å². The Bertz CT molecular complexity index is 451. The number of rotatable bonds is 3. The molecule has 0 spiro atoms. The predicted molar refractivity (Wildman–Crippen MR) is 63.4 cm³/mol. The first-order valence-corrected chi connectivity index (χ1v) is 5.48. The fourth-order valence-electron chi connectivity index (χ4n) is 1.42. The third kappa shape index (κ3) is 2.55. The average Bonchev–Trinajstić information content (AvgIpc) is 2.75. The van der Waals surface area contributed by atoms with Crippen LogP contribution in [0.25, 0.3) is 0 Å². The van der Waals surface area contributed by atoms with Gasteiger partial charge in [0.15, 0.2) is 0 Å². The van der Waals surface area contributed by atoms with Crippen LogP contribution < -0.4 is 0 Å². The average molecular weight is 257 g/mol. The van der Waals surface area contributed by atoms with E-state index < -0.39 is 5.18 Å². The molecular weight excluding hydrogens is 247 g/mol. The molecule has 0 saturated heterocycles. The molecule has 0 saturated carbocycles. The highest BCUT2D eigenvalue weighted by atomic mass is 35.5. The molecule has 0 amide bonds. The Morgan fingerprint density at radius 3 is 2.56 bits per heavy atom. The Kier molecular flexibility index (Phi) is 3.19. The molecule has 0 bridgehead atoms. The molecule has 1 heterocycles. The zero-order valence-electron chi connectivity index (χ0n) is 8.35. The molecule has 1 atom stereocenters. The van der Waals surface area contributed by atoms with Crippen LogP contribution >= 0.6 is 23.2 Å². The Balaban J connectivity index is 2.18. The maximum absolute atomic E-state index is 10.1. The largest absolute Gasteiger partial charge is 0.358 e. The summed E-state index contributed by atoms with van der Waals surface area (Å²) in [7, 11) is 0. The van der Waals surface area contributed by atoms with Crippen molar-refractivity contribution < 1.29 is 5.11 Å². The van der Waals surface area contributed by atoms with Gasteiger partial charge in [0.1, 0.15) is 0 Å². The Hall–Kier alpha value is -1.03. The van der Waals surface area contributed by atoms with Gasteiger partial charge in [-0.05, 0) is 17.7 Å². The van der Waals surface area contributed by atoms with Gasteiger partial charge in [-0.25, -0.2) is 4.98 Å². The zero-order valence-corrected chi connectivity index (χ0v) is 9.86. The lowest BCUT2D eigenvalue weighted by atomic mass is 10.1. The van der Waals surface area contributed by atoms with Crippen LogP contribution in [0.1, 0.15) is 5.56 Å². The van der Waals surface area contributed by atoms with Gasteiger partial charge in [-0.1, -0.05) is 35.3 Å². The number of imidazole rings is 1. The van der Waals surface area contributed by atoms with Crippen molar-refractivity contribution in [1.82, 2.24) is 9.55 Å². The maximum Gasteiger partial charge on any atom is 0.225 e. The molecule has 2 rings (SSSR count). The van der Waals surface area contributed by atoms with Gasteiger partial charge >= 0.3 is 0 Å². The summed E-state index contributed by atoms with van der Waals surface area (Å²) < 4.78 is 1.45. The highest BCUT2D eigenvalue weighted by Gasteiger charge is 2.25. The fourth-order valence-corrected chi connectivity index (χ4v) is 1.80. The van der Waals surface area contributed by atoms with E-state index in [9.17, 15) is 5.11 Å². The van der Waals surface area contributed by atoms with E-state index in [-0.39, 0.29) is 6.42 Å². The number of hydrogen-bond acceptors (Lipinski definition) is 2. The van der Waals surface area contributed by atoms with Crippen molar-refractivity contribution in [1.29, 1.82) is 0 Å². The van der Waals surface area contributed by atoms with Gasteiger partial charge < -0.3 is 5.11 Å². The van der Waals surface area contributed by atoms with E-state index in [0.29, 0.717) is 5.02 Å². The summed E-state index contributed by atoms with van der Waals surface area (Å²) in [5.74, 6) is 0. The molecule has 84 valence electrons. The van der Waals surface area contributed by atoms with Gasteiger partial charge in [0, 0.05) is 23.8 Å².